The lowest BCUT2D eigenvalue weighted by Crippen LogP contribution is -2.00. The second-order valence-corrected chi connectivity index (χ2v) is 6.37. The molecule has 0 N–H and O–H groups in total. The monoisotopic (exact) mass is 379 g/mol. The molecule has 0 rings (SSSR count). The van der Waals surface area contributed by atoms with Crippen LogP contribution < -0.4 is 0 Å². The lowest BCUT2D eigenvalue weighted by molar-refractivity contribution is -0.428. The van der Waals surface area contributed by atoms with Crippen molar-refractivity contribution < 1.29 is 14.6 Å². The summed E-state index contributed by atoms with van der Waals surface area (Å²) in [6, 6.07) is 0. The van der Waals surface area contributed by atoms with Crippen LogP contribution in [0.1, 0.15) is 84.0 Å². The van der Waals surface area contributed by atoms with Crippen LogP contribution in [0.4, 0.5) is 0 Å². The van der Waals surface area contributed by atoms with Gasteiger partial charge in [-0.15, -0.1) is 0 Å². The van der Waals surface area contributed by atoms with Crippen LogP contribution >= 0.6 is 0 Å². The highest BCUT2D eigenvalue weighted by Gasteiger charge is 2.11. The largest absolute Gasteiger partial charge is 0.291 e. The molecule has 0 saturated carbocycles. The summed E-state index contributed by atoms with van der Waals surface area (Å²) < 4.78 is 0. The van der Waals surface area contributed by atoms with Gasteiger partial charge in [-0.05, 0) is 37.8 Å². The second kappa shape index (κ2) is 17.1. The van der Waals surface area contributed by atoms with Crippen LogP contribution in [0.2, 0.25) is 0 Å². The average molecular weight is 379 g/mol. The van der Waals surface area contributed by atoms with Crippen LogP contribution in [0.5, 0.6) is 0 Å². The molecule has 0 bridgehead atoms. The molecular weight excluding hydrogens is 348 g/mol. The summed E-state index contributed by atoms with van der Waals surface area (Å²) in [5, 5.41) is 22.2. The third kappa shape index (κ3) is 14.5. The Morgan fingerprint density at radius 1 is 0.889 bits per heavy atom. The summed E-state index contributed by atoms with van der Waals surface area (Å²) in [5.74, 6) is 0. The van der Waals surface area contributed by atoms with E-state index < -0.39 is 9.85 Å². The molecule has 0 atom stereocenters. The number of nitro groups is 2. The van der Waals surface area contributed by atoms with Gasteiger partial charge >= 0.3 is 0 Å². The van der Waals surface area contributed by atoms with Gasteiger partial charge in [0.25, 0.3) is 0 Å². The maximum atomic E-state index is 11.1. The summed E-state index contributed by atoms with van der Waals surface area (Å²) >= 11 is 0. The molecule has 0 aromatic heterocycles. The number of unbranched alkanes of at least 4 members (excludes halogenated alkanes) is 7. The quantitative estimate of drug-likeness (QED) is 0.140. The molecule has 0 aliphatic carbocycles. The van der Waals surface area contributed by atoms with Crippen molar-refractivity contribution in [1.82, 2.24) is 0 Å². The fourth-order valence-corrected chi connectivity index (χ4v) is 2.53. The standard InChI is InChI=1S/C20H31N2O5/c1-2-3-4-5-7-10-14-19(21(24)25)16-13-17-20(22(26)27)15-11-8-6-9-12-18-23/h8,11,16-17H,2-7,9-10,12-15H2,1H3/b11-8+,19-16-,20-17-. The SMILES string of the molecule is CCCCCCCC/C(=C/C/C=C(/C/C=C/CCC[C]=O)[N+](=O)[O-])[N+](=O)[O-]. The summed E-state index contributed by atoms with van der Waals surface area (Å²) in [7, 11) is 0. The number of carbonyl (C=O) groups excluding carboxylic acids is 1. The van der Waals surface area contributed by atoms with Crippen molar-refractivity contribution >= 4 is 6.29 Å². The maximum absolute atomic E-state index is 11.1. The first kappa shape index (κ1) is 24.7. The molecule has 1 radical (unpaired) electrons. The molecule has 7 nitrogen and oxygen atoms in total. The number of rotatable bonds is 17. The van der Waals surface area contributed by atoms with Crippen LogP contribution in [0, 0.1) is 20.2 Å². The molecule has 27 heavy (non-hydrogen) atoms. The minimum atomic E-state index is -0.461. The van der Waals surface area contributed by atoms with E-state index in [1.165, 1.54) is 18.6 Å². The van der Waals surface area contributed by atoms with Gasteiger partial charge in [-0.2, -0.15) is 0 Å². The van der Waals surface area contributed by atoms with Crippen LogP contribution in [0.25, 0.3) is 0 Å². The van der Waals surface area contributed by atoms with Gasteiger partial charge in [0.1, 0.15) is 0 Å². The van der Waals surface area contributed by atoms with Crippen molar-refractivity contribution in [2.45, 2.75) is 84.0 Å². The van der Waals surface area contributed by atoms with Crippen LogP contribution in [0.3, 0.4) is 0 Å². The van der Waals surface area contributed by atoms with Crippen LogP contribution in [0.15, 0.2) is 35.7 Å². The lowest BCUT2D eigenvalue weighted by atomic mass is 10.1. The number of allylic oxidation sites excluding steroid dienone is 5. The van der Waals surface area contributed by atoms with E-state index in [0.717, 1.165) is 32.1 Å². The van der Waals surface area contributed by atoms with Crippen LogP contribution in [-0.4, -0.2) is 16.1 Å². The van der Waals surface area contributed by atoms with E-state index in [9.17, 15) is 25.0 Å². The lowest BCUT2D eigenvalue weighted by Gasteiger charge is -2.00. The van der Waals surface area contributed by atoms with Gasteiger partial charge in [0.15, 0.2) is 6.29 Å². The molecule has 151 valence electrons. The molecule has 0 saturated heterocycles. The average Bonchev–Trinajstić information content (AvgIpc) is 2.63. The van der Waals surface area contributed by atoms with Gasteiger partial charge < -0.3 is 0 Å². The molecule has 0 fully saturated rings. The van der Waals surface area contributed by atoms with Crippen molar-refractivity contribution in [1.29, 1.82) is 0 Å². The van der Waals surface area contributed by atoms with Gasteiger partial charge in [-0.3, -0.25) is 25.0 Å². The zero-order valence-corrected chi connectivity index (χ0v) is 16.2. The predicted octanol–water partition coefficient (Wildman–Crippen LogP) is 5.67. The topological polar surface area (TPSA) is 103 Å². The Balaban J connectivity index is 4.48. The predicted molar refractivity (Wildman–Crippen MR) is 106 cm³/mol. The van der Waals surface area contributed by atoms with Crippen molar-refractivity contribution in [3.8, 4) is 0 Å². The van der Waals surface area contributed by atoms with Gasteiger partial charge in [0.2, 0.25) is 11.4 Å². The zero-order chi connectivity index (χ0) is 20.3. The van der Waals surface area contributed by atoms with Gasteiger partial charge in [0, 0.05) is 12.8 Å². The Kier molecular flexibility index (Phi) is 15.7. The minimum Gasteiger partial charge on any atom is -0.291 e. The van der Waals surface area contributed by atoms with E-state index in [4.69, 9.17) is 0 Å². The zero-order valence-electron chi connectivity index (χ0n) is 16.2. The van der Waals surface area contributed by atoms with E-state index in [2.05, 4.69) is 6.92 Å². The number of hydrogen-bond donors (Lipinski definition) is 0. The fourth-order valence-electron chi connectivity index (χ4n) is 2.53. The molecule has 0 amide bonds. The van der Waals surface area contributed by atoms with E-state index in [0.29, 0.717) is 25.7 Å². The molecule has 7 heteroatoms. The molecule has 0 aliphatic heterocycles. The Bertz CT molecular complexity index is 538. The fraction of sp³-hybridized carbons (Fsp3) is 0.650. The summed E-state index contributed by atoms with van der Waals surface area (Å²) in [4.78, 5) is 31.4. The molecule has 0 spiro atoms. The first-order valence-electron chi connectivity index (χ1n) is 9.69. The third-order valence-corrected chi connectivity index (χ3v) is 4.11. The highest BCUT2D eigenvalue weighted by molar-refractivity contribution is 5.50. The summed E-state index contributed by atoms with van der Waals surface area (Å²) in [6.07, 6.45) is 16.9. The van der Waals surface area contributed by atoms with E-state index in [1.54, 1.807) is 18.4 Å². The van der Waals surface area contributed by atoms with E-state index in [-0.39, 0.29) is 24.2 Å². The number of hydrogen-bond acceptors (Lipinski definition) is 5. The first-order chi connectivity index (χ1) is 13.0. The van der Waals surface area contributed by atoms with Gasteiger partial charge in [-0.25, -0.2) is 0 Å². The Morgan fingerprint density at radius 2 is 1.52 bits per heavy atom. The maximum Gasteiger partial charge on any atom is 0.246 e. The number of nitrogens with zero attached hydrogens (tertiary/aromatic N) is 2. The Labute approximate surface area is 161 Å². The summed E-state index contributed by atoms with van der Waals surface area (Å²) in [5.41, 5.74) is 0.150. The van der Waals surface area contributed by atoms with E-state index >= 15 is 0 Å². The van der Waals surface area contributed by atoms with Crippen molar-refractivity contribution in [2.24, 2.45) is 0 Å². The third-order valence-electron chi connectivity index (χ3n) is 4.11. The van der Waals surface area contributed by atoms with Crippen LogP contribution in [-0.2, 0) is 4.79 Å². The molecule has 0 unspecified atom stereocenters. The molecule has 0 aliphatic rings. The summed E-state index contributed by atoms with van der Waals surface area (Å²) in [6.45, 7) is 2.14. The van der Waals surface area contributed by atoms with Crippen molar-refractivity contribution in [3.63, 3.8) is 0 Å². The smallest absolute Gasteiger partial charge is 0.246 e. The minimum absolute atomic E-state index is 0.0201. The highest BCUT2D eigenvalue weighted by atomic mass is 16.6. The van der Waals surface area contributed by atoms with Gasteiger partial charge in [0.05, 0.1) is 16.3 Å². The van der Waals surface area contributed by atoms with Gasteiger partial charge in [-0.1, -0.05) is 51.2 Å². The Morgan fingerprint density at radius 3 is 2.15 bits per heavy atom. The Hall–Kier alpha value is -2.31. The normalized spacial score (nSPS) is 12.5. The second-order valence-electron chi connectivity index (χ2n) is 6.37. The van der Waals surface area contributed by atoms with Crippen molar-refractivity contribution in [2.75, 3.05) is 0 Å². The molecule has 0 heterocycles. The highest BCUT2D eigenvalue weighted by Crippen LogP contribution is 2.14. The first-order valence-corrected chi connectivity index (χ1v) is 9.69. The van der Waals surface area contributed by atoms with E-state index in [1.807, 2.05) is 0 Å². The molecule has 0 aromatic carbocycles. The van der Waals surface area contributed by atoms with Crippen molar-refractivity contribution in [3.05, 3.63) is 55.9 Å². The molecular formula is C20H31N2O5. The molecule has 0 aromatic rings.